The summed E-state index contributed by atoms with van der Waals surface area (Å²) in [6.45, 7) is 18.8. The Morgan fingerprint density at radius 2 is 1.58 bits per heavy atom. The van der Waals surface area contributed by atoms with Gasteiger partial charge in [-0.2, -0.15) is 16.6 Å². The molecule has 31 heavy (non-hydrogen) atoms. The summed E-state index contributed by atoms with van der Waals surface area (Å²) in [6, 6.07) is 12.5. The van der Waals surface area contributed by atoms with E-state index in [4.69, 9.17) is 28.3 Å². The third-order valence-corrected chi connectivity index (χ3v) is 9.44. The molecule has 0 bridgehead atoms. The standard InChI is InChI=1S/C25H41NOSi.2ClH.Ti/c1-20-19-21-15-11-12-16-22(21)23(20)28(8,26-24(2,3)4)18-14-10-9-13-17-27-25(5,6)7;;;/h11-12,15-16,19H,9-10,13-14,17-18H2,1-8H3;2*1H;/q-2;;;+2/p-2. The van der Waals surface area contributed by atoms with Gasteiger partial charge in [0, 0.05) is 6.61 Å². The van der Waals surface area contributed by atoms with Gasteiger partial charge in [-0.25, -0.2) is 0 Å². The van der Waals surface area contributed by atoms with E-state index in [1.807, 2.05) is 0 Å². The fraction of sp³-hybridized carbons (Fsp3) is 0.640. The Morgan fingerprint density at radius 3 is 2.16 bits per heavy atom. The van der Waals surface area contributed by atoms with Crippen molar-refractivity contribution in [2.45, 2.75) is 97.9 Å². The van der Waals surface area contributed by atoms with Crippen molar-refractivity contribution in [1.29, 1.82) is 0 Å². The zero-order valence-electron chi connectivity index (χ0n) is 20.7. The Hall–Kier alpha value is 0.261. The monoisotopic (exact) mass is 517 g/mol. The van der Waals surface area contributed by atoms with Crippen LogP contribution < -0.4 is 5.19 Å². The summed E-state index contributed by atoms with van der Waals surface area (Å²) in [6.07, 6.45) is 4.94. The molecule has 0 saturated heterocycles. The molecule has 0 aliphatic carbocycles. The van der Waals surface area contributed by atoms with Crippen LogP contribution in [0.25, 0.3) is 15.8 Å². The second kappa shape index (κ2) is 13.2. The Labute approximate surface area is 208 Å². The number of benzene rings is 1. The van der Waals surface area contributed by atoms with Crippen molar-refractivity contribution in [3.63, 3.8) is 0 Å². The van der Waals surface area contributed by atoms with Crippen molar-refractivity contribution in [2.75, 3.05) is 6.61 Å². The molecule has 0 amide bonds. The van der Waals surface area contributed by atoms with Gasteiger partial charge in [-0.1, -0.05) is 73.9 Å². The van der Waals surface area contributed by atoms with E-state index in [1.54, 1.807) is 5.19 Å². The number of fused-ring (bicyclic) bond motifs is 1. The van der Waals surface area contributed by atoms with Crippen LogP contribution in [0.3, 0.4) is 0 Å². The molecular weight excluding hydrogens is 477 g/mol. The molecule has 0 heterocycles. The molecule has 0 fully saturated rings. The number of ether oxygens (including phenoxy) is 1. The van der Waals surface area contributed by atoms with Crippen molar-refractivity contribution < 1.29 is 21.8 Å². The Kier molecular flexibility index (Phi) is 12.5. The summed E-state index contributed by atoms with van der Waals surface area (Å²) < 4.78 is 5.86. The van der Waals surface area contributed by atoms with E-state index in [9.17, 15) is 0 Å². The number of hydrogen-bond donors (Lipinski definition) is 0. The normalized spacial score (nSPS) is 14.1. The first-order chi connectivity index (χ1) is 14.3. The number of aryl methyl sites for hydroxylation is 1. The van der Waals surface area contributed by atoms with Crippen LogP contribution in [0.15, 0.2) is 30.3 Å². The van der Waals surface area contributed by atoms with E-state index >= 15 is 0 Å². The Morgan fingerprint density at radius 1 is 1.00 bits per heavy atom. The average Bonchev–Trinajstić information content (AvgIpc) is 2.95. The quantitative estimate of drug-likeness (QED) is 0.185. The summed E-state index contributed by atoms with van der Waals surface area (Å²) >= 11 is -0.556. The van der Waals surface area contributed by atoms with Crippen molar-refractivity contribution >= 4 is 42.8 Å². The van der Waals surface area contributed by atoms with Crippen LogP contribution in [0.1, 0.15) is 72.8 Å². The number of unbranched alkanes of at least 4 members (excludes halogenated alkanes) is 3. The van der Waals surface area contributed by atoms with E-state index in [0.717, 1.165) is 13.0 Å². The number of hydrogen-bond acceptors (Lipinski definition) is 1. The predicted molar refractivity (Wildman–Crippen MR) is 139 cm³/mol. The number of rotatable bonds is 9. The molecule has 0 spiro atoms. The van der Waals surface area contributed by atoms with Gasteiger partial charge in [-0.05, 0) is 27.2 Å². The molecule has 2 aromatic carbocycles. The minimum absolute atomic E-state index is 0.00628. The molecule has 1 atom stereocenters. The van der Waals surface area contributed by atoms with Crippen molar-refractivity contribution in [2.24, 2.45) is 0 Å². The molecule has 0 aliphatic rings. The predicted octanol–water partition coefficient (Wildman–Crippen LogP) is 8.57. The Bertz CT molecular complexity index is 782. The van der Waals surface area contributed by atoms with E-state index in [0.29, 0.717) is 0 Å². The third-order valence-electron chi connectivity index (χ3n) is 5.21. The van der Waals surface area contributed by atoms with Crippen LogP contribution >= 0.6 is 18.6 Å². The zero-order chi connectivity index (χ0) is 23.7. The van der Waals surface area contributed by atoms with Crippen molar-refractivity contribution in [1.82, 2.24) is 0 Å². The first kappa shape index (κ1) is 29.3. The average molecular weight is 518 g/mol. The summed E-state index contributed by atoms with van der Waals surface area (Å²) in [5.74, 6) is 0. The van der Waals surface area contributed by atoms with Crippen molar-refractivity contribution in [3.05, 3.63) is 40.9 Å². The van der Waals surface area contributed by atoms with Crippen LogP contribution in [0, 0.1) is 6.92 Å². The van der Waals surface area contributed by atoms with Crippen LogP contribution in [0.2, 0.25) is 12.6 Å². The van der Waals surface area contributed by atoms with Crippen LogP contribution in [0.5, 0.6) is 0 Å². The Balaban J connectivity index is 0.00000151. The van der Waals surface area contributed by atoms with Gasteiger partial charge < -0.3 is 9.72 Å². The fourth-order valence-electron chi connectivity index (χ4n) is 4.36. The molecule has 0 radical (unpaired) electrons. The SMILES string of the molecule is Cc1cc2ccccc2[c-]1[Si](C)(CCCCCCOC(C)(C)C)[N-]C(C)(C)C.[Cl][Ti][Cl]. The van der Waals surface area contributed by atoms with Gasteiger partial charge in [0.2, 0.25) is 0 Å². The molecule has 176 valence electrons. The molecule has 6 heteroatoms. The van der Waals surface area contributed by atoms with Gasteiger partial charge in [0.1, 0.15) is 0 Å². The summed E-state index contributed by atoms with van der Waals surface area (Å²) in [4.78, 5) is 5.47. The first-order valence-electron chi connectivity index (χ1n) is 11.3. The van der Waals surface area contributed by atoms with Gasteiger partial charge >= 0.3 is 35.6 Å². The zero-order valence-corrected chi connectivity index (χ0v) is 24.8. The van der Waals surface area contributed by atoms with Gasteiger partial charge in [-0.15, -0.1) is 34.7 Å². The summed E-state index contributed by atoms with van der Waals surface area (Å²) in [5.41, 5.74) is 1.42. The maximum atomic E-state index is 5.86. The van der Waals surface area contributed by atoms with Crippen LogP contribution in [-0.2, 0) is 21.8 Å². The van der Waals surface area contributed by atoms with Gasteiger partial charge in [0.15, 0.2) is 0 Å². The molecular formula is C25H41Cl2NOSiTi-2. The van der Waals surface area contributed by atoms with E-state index < -0.39 is 25.3 Å². The second-order valence-electron chi connectivity index (χ2n) is 10.5. The number of nitrogens with zero attached hydrogens (tertiary/aromatic N) is 1. The molecule has 0 N–H and O–H groups in total. The van der Waals surface area contributed by atoms with Crippen molar-refractivity contribution in [3.8, 4) is 0 Å². The molecule has 0 aliphatic heterocycles. The molecule has 2 nitrogen and oxygen atoms in total. The van der Waals surface area contributed by atoms with Crippen LogP contribution in [0.4, 0.5) is 0 Å². The topological polar surface area (TPSA) is 23.3 Å². The molecule has 1 unspecified atom stereocenters. The maximum absolute atomic E-state index is 5.86. The van der Waals surface area contributed by atoms with E-state index in [2.05, 4.69) is 85.3 Å². The molecule has 2 rings (SSSR count). The van der Waals surface area contributed by atoms with Gasteiger partial charge in [0.25, 0.3) is 0 Å². The van der Waals surface area contributed by atoms with Gasteiger partial charge in [-0.3, -0.25) is 0 Å². The second-order valence-corrected chi connectivity index (χ2v) is 16.9. The molecule has 0 saturated carbocycles. The molecule has 0 aromatic heterocycles. The summed E-state index contributed by atoms with van der Waals surface area (Å²) in [5, 5.41) is 4.37. The van der Waals surface area contributed by atoms with E-state index in [-0.39, 0.29) is 11.1 Å². The first-order valence-corrected chi connectivity index (χ1v) is 18.3. The minimum atomic E-state index is -1.92. The van der Waals surface area contributed by atoms with Crippen LogP contribution in [-0.4, -0.2) is 26.0 Å². The third kappa shape index (κ3) is 10.8. The number of halogens is 2. The summed E-state index contributed by atoms with van der Waals surface area (Å²) in [7, 11) is 7.86. The van der Waals surface area contributed by atoms with Gasteiger partial charge in [0.05, 0.1) is 5.60 Å². The fourth-order valence-corrected chi connectivity index (χ4v) is 8.99. The molecule has 2 aromatic rings. The van der Waals surface area contributed by atoms with E-state index in [1.165, 1.54) is 41.6 Å².